The van der Waals surface area contributed by atoms with Gasteiger partial charge in [-0.1, -0.05) is 6.07 Å². The molecule has 2 aromatic carbocycles. The van der Waals surface area contributed by atoms with Crippen molar-refractivity contribution in [3.8, 4) is 11.5 Å². The molecular formula is C16H16INO2. The van der Waals surface area contributed by atoms with Crippen LogP contribution in [0.25, 0.3) is 0 Å². The van der Waals surface area contributed by atoms with Crippen LogP contribution in [0.5, 0.6) is 11.5 Å². The van der Waals surface area contributed by atoms with E-state index in [0.29, 0.717) is 5.75 Å². The Morgan fingerprint density at radius 3 is 2.55 bits per heavy atom. The van der Waals surface area contributed by atoms with Gasteiger partial charge in [-0.25, -0.2) is 0 Å². The van der Waals surface area contributed by atoms with Crippen LogP contribution in [0.2, 0.25) is 0 Å². The summed E-state index contributed by atoms with van der Waals surface area (Å²) in [6.07, 6.45) is 1.77. The zero-order valence-electron chi connectivity index (χ0n) is 11.6. The van der Waals surface area contributed by atoms with Crippen LogP contribution in [0.1, 0.15) is 16.7 Å². The third-order valence-corrected chi connectivity index (χ3v) is 3.95. The van der Waals surface area contributed by atoms with E-state index in [1.54, 1.807) is 12.3 Å². The fraction of sp³-hybridized carbons (Fsp3) is 0.188. The van der Waals surface area contributed by atoms with Gasteiger partial charge >= 0.3 is 0 Å². The van der Waals surface area contributed by atoms with Gasteiger partial charge in [0.2, 0.25) is 0 Å². The van der Waals surface area contributed by atoms with Crippen LogP contribution in [-0.2, 0) is 0 Å². The molecule has 4 heteroatoms. The Kier molecular flexibility index (Phi) is 4.65. The van der Waals surface area contributed by atoms with E-state index in [-0.39, 0.29) is 5.75 Å². The third kappa shape index (κ3) is 3.30. The number of aliphatic imine (C=N–C) groups is 1. The van der Waals surface area contributed by atoms with Crippen LogP contribution in [0.4, 0.5) is 5.69 Å². The average Bonchev–Trinajstić information content (AvgIpc) is 2.43. The summed E-state index contributed by atoms with van der Waals surface area (Å²) in [5.74, 6) is 0.620. The average molecular weight is 381 g/mol. The lowest BCUT2D eigenvalue weighted by Gasteiger charge is -2.06. The minimum atomic E-state index is 0.163. The molecule has 0 amide bonds. The van der Waals surface area contributed by atoms with Gasteiger partial charge in [0.25, 0.3) is 0 Å². The number of aromatic hydroxyl groups is 1. The molecule has 0 unspecified atom stereocenters. The number of methoxy groups -OCH3 is 1. The number of nitrogens with zero attached hydrogens (tertiary/aromatic N) is 1. The van der Waals surface area contributed by atoms with Gasteiger partial charge in [-0.2, -0.15) is 0 Å². The maximum Gasteiger partial charge on any atom is 0.171 e. The molecule has 0 radical (unpaired) electrons. The number of phenolic OH excluding ortho intramolecular Hbond substituents is 1. The van der Waals surface area contributed by atoms with E-state index in [0.717, 1.165) is 14.8 Å². The van der Waals surface area contributed by atoms with Crippen LogP contribution < -0.4 is 4.74 Å². The first kappa shape index (κ1) is 14.8. The van der Waals surface area contributed by atoms with Crippen LogP contribution >= 0.6 is 22.6 Å². The van der Waals surface area contributed by atoms with Gasteiger partial charge in [0.15, 0.2) is 11.5 Å². The lowest BCUT2D eigenvalue weighted by atomic mass is 10.1. The van der Waals surface area contributed by atoms with Gasteiger partial charge < -0.3 is 9.84 Å². The minimum absolute atomic E-state index is 0.163. The van der Waals surface area contributed by atoms with Crippen molar-refractivity contribution in [3.05, 3.63) is 50.6 Å². The number of hydrogen-bond donors (Lipinski definition) is 1. The molecular weight excluding hydrogens is 365 g/mol. The van der Waals surface area contributed by atoms with Crippen molar-refractivity contribution < 1.29 is 9.84 Å². The first-order valence-corrected chi connectivity index (χ1v) is 7.27. The monoisotopic (exact) mass is 381 g/mol. The zero-order valence-corrected chi connectivity index (χ0v) is 13.8. The number of halogens is 1. The summed E-state index contributed by atoms with van der Waals surface area (Å²) in [6.45, 7) is 4.15. The molecule has 0 saturated carbocycles. The summed E-state index contributed by atoms with van der Waals surface area (Å²) >= 11 is 2.07. The molecule has 3 nitrogen and oxygen atoms in total. The lowest BCUT2D eigenvalue weighted by Crippen LogP contribution is -1.90. The summed E-state index contributed by atoms with van der Waals surface area (Å²) < 4.78 is 5.88. The molecule has 20 heavy (non-hydrogen) atoms. The molecule has 0 atom stereocenters. The number of hydrogen-bond acceptors (Lipinski definition) is 3. The van der Waals surface area contributed by atoms with Crippen molar-refractivity contribution in [1.29, 1.82) is 0 Å². The molecule has 0 bridgehead atoms. The van der Waals surface area contributed by atoms with Crippen LogP contribution in [0.3, 0.4) is 0 Å². The van der Waals surface area contributed by atoms with E-state index >= 15 is 0 Å². The summed E-state index contributed by atoms with van der Waals surface area (Å²) in [4.78, 5) is 4.46. The molecule has 0 aliphatic rings. The quantitative estimate of drug-likeness (QED) is 0.634. The first-order chi connectivity index (χ1) is 9.51. The van der Waals surface area contributed by atoms with Gasteiger partial charge in [0, 0.05) is 6.21 Å². The fourth-order valence-corrected chi connectivity index (χ4v) is 2.40. The Labute approximate surface area is 132 Å². The Morgan fingerprint density at radius 2 is 1.90 bits per heavy atom. The Balaban J connectivity index is 2.31. The summed E-state index contributed by atoms with van der Waals surface area (Å²) in [6, 6.07) is 9.73. The van der Waals surface area contributed by atoms with E-state index in [1.807, 2.05) is 12.1 Å². The number of benzene rings is 2. The smallest absolute Gasteiger partial charge is 0.171 e. The van der Waals surface area contributed by atoms with Crippen molar-refractivity contribution in [2.75, 3.05) is 7.11 Å². The van der Waals surface area contributed by atoms with Crippen molar-refractivity contribution in [2.45, 2.75) is 13.8 Å². The topological polar surface area (TPSA) is 41.8 Å². The molecule has 0 aromatic heterocycles. The van der Waals surface area contributed by atoms with Crippen LogP contribution in [0.15, 0.2) is 35.3 Å². The summed E-state index contributed by atoms with van der Waals surface area (Å²) in [7, 11) is 1.54. The number of aryl methyl sites for hydroxylation is 2. The molecule has 0 fully saturated rings. The van der Waals surface area contributed by atoms with E-state index in [1.165, 1.54) is 18.2 Å². The van der Waals surface area contributed by atoms with Gasteiger partial charge in [0.05, 0.1) is 16.4 Å². The van der Waals surface area contributed by atoms with E-state index < -0.39 is 0 Å². The van der Waals surface area contributed by atoms with Gasteiger partial charge in [0.1, 0.15) is 0 Å². The highest BCUT2D eigenvalue weighted by molar-refractivity contribution is 14.1. The molecule has 0 saturated heterocycles. The zero-order chi connectivity index (χ0) is 14.7. The normalized spacial score (nSPS) is 11.0. The van der Waals surface area contributed by atoms with E-state index in [4.69, 9.17) is 4.74 Å². The molecule has 104 valence electrons. The fourth-order valence-electron chi connectivity index (χ4n) is 1.78. The number of phenols is 1. The molecule has 0 spiro atoms. The Hall–Kier alpha value is -1.56. The predicted octanol–water partition coefficient (Wildman–Crippen LogP) is 4.37. The maximum atomic E-state index is 9.80. The van der Waals surface area contributed by atoms with Gasteiger partial charge in [-0.3, -0.25) is 4.99 Å². The summed E-state index contributed by atoms with van der Waals surface area (Å²) in [5, 5.41) is 9.80. The van der Waals surface area contributed by atoms with Crippen molar-refractivity contribution in [2.24, 2.45) is 4.99 Å². The summed E-state index contributed by atoms with van der Waals surface area (Å²) in [5.41, 5.74) is 4.28. The highest BCUT2D eigenvalue weighted by Gasteiger charge is 2.07. The number of rotatable bonds is 3. The molecule has 0 heterocycles. The second-order valence-corrected chi connectivity index (χ2v) is 5.74. The highest BCUT2D eigenvalue weighted by atomic mass is 127. The Bertz CT molecular complexity index is 666. The highest BCUT2D eigenvalue weighted by Crippen LogP contribution is 2.32. The number of ether oxygens (including phenoxy) is 1. The molecule has 2 rings (SSSR count). The molecule has 0 aliphatic heterocycles. The standard InChI is InChI=1S/C16H16INO2/c1-10-4-5-13(6-11(10)2)18-9-12-7-14(17)16(19)15(8-12)20-3/h4-9,19H,1-3H3. The third-order valence-electron chi connectivity index (χ3n) is 3.12. The predicted molar refractivity (Wildman–Crippen MR) is 90.5 cm³/mol. The van der Waals surface area contributed by atoms with Crippen LogP contribution in [0, 0.1) is 17.4 Å². The van der Waals surface area contributed by atoms with Crippen molar-refractivity contribution >= 4 is 34.5 Å². The van der Waals surface area contributed by atoms with Gasteiger partial charge in [-0.05, 0) is 77.4 Å². The lowest BCUT2D eigenvalue weighted by molar-refractivity contribution is 0.371. The van der Waals surface area contributed by atoms with E-state index in [2.05, 4.69) is 53.6 Å². The molecule has 0 aliphatic carbocycles. The van der Waals surface area contributed by atoms with E-state index in [9.17, 15) is 5.11 Å². The molecule has 2 aromatic rings. The molecule has 1 N–H and O–H groups in total. The largest absolute Gasteiger partial charge is 0.504 e. The van der Waals surface area contributed by atoms with Crippen LogP contribution in [-0.4, -0.2) is 18.4 Å². The second-order valence-electron chi connectivity index (χ2n) is 4.58. The SMILES string of the molecule is COc1cc(C=Nc2ccc(C)c(C)c2)cc(I)c1O. The van der Waals surface area contributed by atoms with Crippen molar-refractivity contribution in [1.82, 2.24) is 0 Å². The Morgan fingerprint density at radius 1 is 1.15 bits per heavy atom. The minimum Gasteiger partial charge on any atom is -0.504 e. The van der Waals surface area contributed by atoms with Gasteiger partial charge in [-0.15, -0.1) is 0 Å². The first-order valence-electron chi connectivity index (χ1n) is 6.19. The van der Waals surface area contributed by atoms with Crippen molar-refractivity contribution in [3.63, 3.8) is 0 Å². The second kappa shape index (κ2) is 6.26. The maximum absolute atomic E-state index is 9.80.